The number of amides is 2. The molecule has 8 heteroatoms. The fraction of sp³-hybridized carbons (Fsp3) is 0.500. The number of alkyl halides is 2. The quantitative estimate of drug-likeness (QED) is 0.852. The first-order valence-electron chi connectivity index (χ1n) is 7.69. The van der Waals surface area contributed by atoms with Gasteiger partial charge in [-0.3, -0.25) is 14.9 Å². The number of hydrogen-bond acceptors (Lipinski definition) is 3. The molecule has 0 saturated carbocycles. The van der Waals surface area contributed by atoms with Gasteiger partial charge >= 0.3 is 0 Å². The van der Waals surface area contributed by atoms with E-state index in [0.29, 0.717) is 19.5 Å². The average molecular weight is 360 g/mol. The number of nitrogens with one attached hydrogen (secondary N) is 2. The van der Waals surface area contributed by atoms with E-state index >= 15 is 0 Å². The van der Waals surface area contributed by atoms with E-state index in [2.05, 4.69) is 10.6 Å². The Morgan fingerprint density at radius 1 is 1.33 bits per heavy atom. The van der Waals surface area contributed by atoms with Crippen LogP contribution in [0, 0.1) is 0 Å². The molecule has 24 heavy (non-hydrogen) atoms. The van der Waals surface area contributed by atoms with Crippen LogP contribution >= 0.6 is 12.4 Å². The maximum Gasteiger partial charge on any atom is 0.262 e. The molecular weight excluding hydrogens is 340 g/mol. The van der Waals surface area contributed by atoms with Crippen LogP contribution in [0.5, 0.6) is 0 Å². The van der Waals surface area contributed by atoms with E-state index in [1.807, 2.05) is 30.3 Å². The maximum absolute atomic E-state index is 13.1. The smallest absolute Gasteiger partial charge is 0.262 e. The van der Waals surface area contributed by atoms with Crippen molar-refractivity contribution in [3.8, 4) is 0 Å². The molecule has 2 amide bonds. The lowest BCUT2D eigenvalue weighted by atomic mass is 10.1. The minimum Gasteiger partial charge on any atom is -0.343 e. The van der Waals surface area contributed by atoms with Gasteiger partial charge in [0, 0.05) is 19.5 Å². The summed E-state index contributed by atoms with van der Waals surface area (Å²) in [5.74, 6) is -3.55. The van der Waals surface area contributed by atoms with Gasteiger partial charge in [-0.1, -0.05) is 30.3 Å². The number of benzene rings is 1. The maximum atomic E-state index is 13.1. The molecule has 1 aromatic carbocycles. The van der Waals surface area contributed by atoms with Crippen molar-refractivity contribution >= 4 is 24.2 Å². The summed E-state index contributed by atoms with van der Waals surface area (Å²) in [6.45, 7) is 0.544. The summed E-state index contributed by atoms with van der Waals surface area (Å²) < 4.78 is 26.3. The van der Waals surface area contributed by atoms with Gasteiger partial charge in [0.25, 0.3) is 5.92 Å². The topological polar surface area (TPSA) is 61.4 Å². The molecule has 0 spiro atoms. The lowest BCUT2D eigenvalue weighted by Crippen LogP contribution is -2.48. The van der Waals surface area contributed by atoms with Gasteiger partial charge in [0.15, 0.2) is 0 Å². The molecule has 0 bridgehead atoms. The molecule has 0 aliphatic carbocycles. The van der Waals surface area contributed by atoms with Crippen LogP contribution < -0.4 is 10.6 Å². The number of likely N-dealkylation sites (tertiary alicyclic amines) is 1. The van der Waals surface area contributed by atoms with Crippen LogP contribution in [-0.4, -0.2) is 47.8 Å². The summed E-state index contributed by atoms with van der Waals surface area (Å²) in [7, 11) is 0. The fourth-order valence-corrected chi connectivity index (χ4v) is 3.01. The van der Waals surface area contributed by atoms with Crippen LogP contribution in [0.2, 0.25) is 0 Å². The molecule has 2 N–H and O–H groups in total. The van der Waals surface area contributed by atoms with Crippen molar-refractivity contribution in [1.82, 2.24) is 15.5 Å². The molecule has 0 radical (unpaired) electrons. The predicted molar refractivity (Wildman–Crippen MR) is 87.0 cm³/mol. The van der Waals surface area contributed by atoms with Crippen molar-refractivity contribution < 1.29 is 18.4 Å². The summed E-state index contributed by atoms with van der Waals surface area (Å²) >= 11 is 0. The van der Waals surface area contributed by atoms with E-state index in [4.69, 9.17) is 0 Å². The Kier molecular flexibility index (Phi) is 5.77. The lowest BCUT2D eigenvalue weighted by Gasteiger charge is -2.18. The normalized spacial score (nSPS) is 25.4. The summed E-state index contributed by atoms with van der Waals surface area (Å²) in [5.41, 5.74) is 1.02. The van der Waals surface area contributed by atoms with Gasteiger partial charge < -0.3 is 10.2 Å². The van der Waals surface area contributed by atoms with Crippen LogP contribution in [0.1, 0.15) is 18.4 Å². The Labute approximate surface area is 145 Å². The van der Waals surface area contributed by atoms with Crippen molar-refractivity contribution in [2.45, 2.75) is 37.4 Å². The highest BCUT2D eigenvalue weighted by atomic mass is 35.5. The van der Waals surface area contributed by atoms with Gasteiger partial charge in [-0.05, 0) is 12.0 Å². The van der Waals surface area contributed by atoms with Crippen LogP contribution in [-0.2, 0) is 16.1 Å². The van der Waals surface area contributed by atoms with Crippen molar-refractivity contribution in [1.29, 1.82) is 0 Å². The molecule has 2 atom stereocenters. The summed E-state index contributed by atoms with van der Waals surface area (Å²) in [6.07, 6.45) is -0.0198. The lowest BCUT2D eigenvalue weighted by molar-refractivity contribution is -0.133. The average Bonchev–Trinajstić information content (AvgIpc) is 3.05. The second-order valence-electron chi connectivity index (χ2n) is 6.09. The van der Waals surface area contributed by atoms with Gasteiger partial charge in [-0.2, -0.15) is 0 Å². The molecule has 2 fully saturated rings. The van der Waals surface area contributed by atoms with Crippen molar-refractivity contribution in [2.75, 3.05) is 13.1 Å². The molecule has 0 aromatic heterocycles. The SMILES string of the molecule is Cl.O=C(NC1CCN(Cc2ccccc2)C1=O)C1CC(F)(F)CN1. The third-order valence-corrected chi connectivity index (χ3v) is 4.26. The van der Waals surface area contributed by atoms with Gasteiger partial charge in [-0.15, -0.1) is 12.4 Å². The van der Waals surface area contributed by atoms with Crippen LogP contribution in [0.25, 0.3) is 0 Å². The highest BCUT2D eigenvalue weighted by molar-refractivity contribution is 5.91. The number of rotatable bonds is 4. The monoisotopic (exact) mass is 359 g/mol. The Balaban J connectivity index is 0.00000208. The largest absolute Gasteiger partial charge is 0.343 e. The molecule has 2 unspecified atom stereocenters. The third-order valence-electron chi connectivity index (χ3n) is 4.26. The molecule has 1 aromatic rings. The minimum atomic E-state index is -2.86. The van der Waals surface area contributed by atoms with Crippen LogP contribution in [0.4, 0.5) is 8.78 Å². The van der Waals surface area contributed by atoms with E-state index in [-0.39, 0.29) is 18.3 Å². The molecule has 2 heterocycles. The number of hydrogen-bond donors (Lipinski definition) is 2. The first kappa shape index (κ1) is 18.6. The highest BCUT2D eigenvalue weighted by Crippen LogP contribution is 2.25. The standard InChI is InChI=1S/C16H19F2N3O2.ClH/c17-16(18)8-13(19-10-16)14(22)20-12-6-7-21(15(12)23)9-11-4-2-1-3-5-11;/h1-5,12-13,19H,6-10H2,(H,20,22);1H. The molecular formula is C16H20ClF2N3O2. The van der Waals surface area contributed by atoms with Crippen LogP contribution in [0.15, 0.2) is 30.3 Å². The van der Waals surface area contributed by atoms with E-state index in [1.165, 1.54) is 0 Å². The second kappa shape index (κ2) is 7.44. The van der Waals surface area contributed by atoms with Crippen molar-refractivity contribution in [2.24, 2.45) is 0 Å². The molecule has 132 valence electrons. The van der Waals surface area contributed by atoms with E-state index < -0.39 is 36.9 Å². The zero-order chi connectivity index (χ0) is 16.4. The Morgan fingerprint density at radius 3 is 2.67 bits per heavy atom. The third kappa shape index (κ3) is 4.21. The molecule has 2 saturated heterocycles. The Bertz CT molecular complexity index is 600. The first-order valence-corrected chi connectivity index (χ1v) is 7.69. The molecule has 3 rings (SSSR count). The van der Waals surface area contributed by atoms with Crippen molar-refractivity contribution in [3.63, 3.8) is 0 Å². The Hall–Kier alpha value is -1.73. The molecule has 2 aliphatic rings. The molecule has 2 aliphatic heterocycles. The van der Waals surface area contributed by atoms with E-state index in [9.17, 15) is 18.4 Å². The van der Waals surface area contributed by atoms with Crippen molar-refractivity contribution in [3.05, 3.63) is 35.9 Å². The number of carbonyl (C=O) groups excluding carboxylic acids is 2. The first-order chi connectivity index (χ1) is 10.9. The zero-order valence-electron chi connectivity index (χ0n) is 13.0. The Morgan fingerprint density at radius 2 is 2.04 bits per heavy atom. The van der Waals surface area contributed by atoms with E-state index in [0.717, 1.165) is 5.56 Å². The van der Waals surface area contributed by atoms with Gasteiger partial charge in [0.05, 0.1) is 12.6 Å². The number of nitrogens with zero attached hydrogens (tertiary/aromatic N) is 1. The predicted octanol–water partition coefficient (Wildman–Crippen LogP) is 1.32. The number of carbonyl (C=O) groups is 2. The summed E-state index contributed by atoms with van der Waals surface area (Å²) in [5, 5.41) is 5.10. The number of halogens is 3. The zero-order valence-corrected chi connectivity index (χ0v) is 13.8. The van der Waals surface area contributed by atoms with Gasteiger partial charge in [0.1, 0.15) is 6.04 Å². The van der Waals surface area contributed by atoms with Gasteiger partial charge in [-0.25, -0.2) is 8.78 Å². The summed E-state index contributed by atoms with van der Waals surface area (Å²) in [4.78, 5) is 26.0. The van der Waals surface area contributed by atoms with Crippen LogP contribution in [0.3, 0.4) is 0 Å². The molecule has 5 nitrogen and oxygen atoms in total. The highest BCUT2D eigenvalue weighted by Gasteiger charge is 2.43. The van der Waals surface area contributed by atoms with E-state index in [1.54, 1.807) is 4.90 Å². The second-order valence-corrected chi connectivity index (χ2v) is 6.09. The minimum absolute atomic E-state index is 0. The summed E-state index contributed by atoms with van der Waals surface area (Å²) in [6, 6.07) is 8.03. The fourth-order valence-electron chi connectivity index (χ4n) is 3.01. The van der Waals surface area contributed by atoms with Gasteiger partial charge in [0.2, 0.25) is 11.8 Å².